The Morgan fingerprint density at radius 3 is 2.57 bits per heavy atom. The topological polar surface area (TPSA) is 84.3 Å². The van der Waals surface area contributed by atoms with E-state index in [-0.39, 0.29) is 5.69 Å². The summed E-state index contributed by atoms with van der Waals surface area (Å²) < 4.78 is 36.2. The molecule has 0 bridgehead atoms. The van der Waals surface area contributed by atoms with E-state index in [1.807, 2.05) is 6.92 Å². The van der Waals surface area contributed by atoms with Gasteiger partial charge in [0.1, 0.15) is 17.8 Å². The van der Waals surface area contributed by atoms with Crippen LogP contribution >= 0.6 is 0 Å². The maximum Gasteiger partial charge on any atom is 0.405 e. The van der Waals surface area contributed by atoms with Gasteiger partial charge in [-0.05, 0) is 18.6 Å². The minimum absolute atomic E-state index is 0.0986. The monoisotopic (exact) mass is 305 g/mol. The van der Waals surface area contributed by atoms with Gasteiger partial charge >= 0.3 is 11.9 Å². The summed E-state index contributed by atoms with van der Waals surface area (Å²) in [5.41, 5.74) is -0.850. The van der Waals surface area contributed by atoms with E-state index in [0.717, 1.165) is 6.07 Å². The first-order valence-corrected chi connectivity index (χ1v) is 6.12. The number of carbonyl (C=O) groups is 1. The summed E-state index contributed by atoms with van der Waals surface area (Å²) in [5, 5.41) is 15.5. The molecule has 2 N–H and O–H groups in total. The molecule has 0 saturated heterocycles. The summed E-state index contributed by atoms with van der Waals surface area (Å²) in [6, 6.07) is 3.88. The van der Waals surface area contributed by atoms with E-state index in [4.69, 9.17) is 0 Å². The molecule has 1 rings (SSSR count). The van der Waals surface area contributed by atoms with E-state index < -0.39 is 34.8 Å². The van der Waals surface area contributed by atoms with Crippen molar-refractivity contribution in [3.05, 3.63) is 33.9 Å². The number of anilines is 1. The number of nitro benzene ring substituents is 1. The van der Waals surface area contributed by atoms with Crippen LogP contribution in [0.3, 0.4) is 0 Å². The second-order valence-electron chi connectivity index (χ2n) is 4.18. The summed E-state index contributed by atoms with van der Waals surface area (Å²) >= 11 is 0. The molecule has 116 valence electrons. The average Bonchev–Trinajstić information content (AvgIpc) is 2.40. The molecule has 1 aromatic rings. The van der Waals surface area contributed by atoms with Gasteiger partial charge in [0.05, 0.1) is 4.92 Å². The van der Waals surface area contributed by atoms with E-state index >= 15 is 0 Å². The molecule has 0 spiro atoms. The average molecular weight is 305 g/mol. The zero-order valence-electron chi connectivity index (χ0n) is 11.2. The molecule has 0 aliphatic heterocycles. The normalized spacial score (nSPS) is 11.0. The lowest BCUT2D eigenvalue weighted by molar-refractivity contribution is -0.384. The Balaban J connectivity index is 3.05. The third-order valence-corrected chi connectivity index (χ3v) is 2.48. The van der Waals surface area contributed by atoms with Crippen LogP contribution in [0, 0.1) is 10.1 Å². The van der Waals surface area contributed by atoms with Crippen LogP contribution in [0.4, 0.5) is 24.5 Å². The number of rotatable bonds is 6. The van der Waals surface area contributed by atoms with Crippen molar-refractivity contribution in [1.29, 1.82) is 0 Å². The molecule has 1 amide bonds. The van der Waals surface area contributed by atoms with Crippen LogP contribution in [0.5, 0.6) is 0 Å². The van der Waals surface area contributed by atoms with E-state index in [0.29, 0.717) is 13.0 Å². The Kier molecular flexibility index (Phi) is 5.51. The molecule has 0 aromatic heterocycles. The van der Waals surface area contributed by atoms with Crippen LogP contribution in [0.25, 0.3) is 0 Å². The molecule has 0 aliphatic rings. The summed E-state index contributed by atoms with van der Waals surface area (Å²) in [6.45, 7) is 0.739. The smallest absolute Gasteiger partial charge is 0.379 e. The predicted octanol–water partition coefficient (Wildman–Crippen LogP) is 2.71. The Bertz CT molecular complexity index is 532. The molecule has 0 unspecified atom stereocenters. The SMILES string of the molecule is CCCNc1cccc(C(=O)NCC(F)(F)F)c1[N+](=O)[O-]. The fourth-order valence-electron chi connectivity index (χ4n) is 1.60. The van der Waals surface area contributed by atoms with Crippen LogP contribution in [-0.4, -0.2) is 30.1 Å². The van der Waals surface area contributed by atoms with Crippen molar-refractivity contribution in [3.8, 4) is 0 Å². The molecular weight excluding hydrogens is 291 g/mol. The maximum atomic E-state index is 12.1. The number of benzene rings is 1. The van der Waals surface area contributed by atoms with Crippen molar-refractivity contribution in [2.24, 2.45) is 0 Å². The van der Waals surface area contributed by atoms with Gasteiger partial charge in [0, 0.05) is 6.54 Å². The first kappa shape index (κ1) is 16.7. The number of nitro groups is 1. The van der Waals surface area contributed by atoms with Crippen molar-refractivity contribution < 1.29 is 22.9 Å². The molecule has 0 aliphatic carbocycles. The molecule has 21 heavy (non-hydrogen) atoms. The van der Waals surface area contributed by atoms with Gasteiger partial charge in [-0.1, -0.05) is 13.0 Å². The highest BCUT2D eigenvalue weighted by atomic mass is 19.4. The lowest BCUT2D eigenvalue weighted by Crippen LogP contribution is -2.34. The van der Waals surface area contributed by atoms with Gasteiger partial charge in [0.25, 0.3) is 5.91 Å². The molecular formula is C12H14F3N3O3. The van der Waals surface area contributed by atoms with Gasteiger partial charge in [-0.25, -0.2) is 0 Å². The number of carbonyl (C=O) groups excluding carboxylic acids is 1. The fraction of sp³-hybridized carbons (Fsp3) is 0.417. The zero-order valence-corrected chi connectivity index (χ0v) is 11.2. The Hall–Kier alpha value is -2.32. The lowest BCUT2D eigenvalue weighted by Gasteiger charge is -2.11. The third-order valence-electron chi connectivity index (χ3n) is 2.48. The molecule has 6 nitrogen and oxygen atoms in total. The molecule has 0 radical (unpaired) electrons. The molecule has 0 saturated carbocycles. The van der Waals surface area contributed by atoms with Gasteiger partial charge in [0.2, 0.25) is 0 Å². The van der Waals surface area contributed by atoms with E-state index in [9.17, 15) is 28.1 Å². The first-order chi connectivity index (χ1) is 9.76. The molecule has 0 atom stereocenters. The maximum absolute atomic E-state index is 12.1. The zero-order chi connectivity index (χ0) is 16.0. The van der Waals surface area contributed by atoms with E-state index in [1.165, 1.54) is 12.1 Å². The minimum Gasteiger partial charge on any atom is -0.379 e. The Morgan fingerprint density at radius 1 is 1.38 bits per heavy atom. The number of nitrogens with one attached hydrogen (secondary N) is 2. The van der Waals surface area contributed by atoms with Crippen molar-refractivity contribution >= 4 is 17.3 Å². The van der Waals surface area contributed by atoms with Crippen LogP contribution in [-0.2, 0) is 0 Å². The van der Waals surface area contributed by atoms with Gasteiger partial charge in [0.15, 0.2) is 0 Å². The second kappa shape index (κ2) is 6.91. The number of para-hydroxylation sites is 1. The summed E-state index contributed by atoms with van der Waals surface area (Å²) in [4.78, 5) is 22.0. The van der Waals surface area contributed by atoms with Gasteiger partial charge in [-0.3, -0.25) is 14.9 Å². The first-order valence-electron chi connectivity index (χ1n) is 6.12. The minimum atomic E-state index is -4.58. The number of hydrogen-bond donors (Lipinski definition) is 2. The highest BCUT2D eigenvalue weighted by Crippen LogP contribution is 2.28. The van der Waals surface area contributed by atoms with Gasteiger partial charge in [-0.15, -0.1) is 0 Å². The number of nitrogens with zero attached hydrogens (tertiary/aromatic N) is 1. The van der Waals surface area contributed by atoms with Gasteiger partial charge in [-0.2, -0.15) is 13.2 Å². The van der Waals surface area contributed by atoms with Crippen LogP contribution in [0.1, 0.15) is 23.7 Å². The van der Waals surface area contributed by atoms with Gasteiger partial charge < -0.3 is 10.6 Å². The number of halogens is 3. The summed E-state index contributed by atoms with van der Waals surface area (Å²) in [7, 11) is 0. The lowest BCUT2D eigenvalue weighted by atomic mass is 10.1. The second-order valence-corrected chi connectivity index (χ2v) is 4.18. The van der Waals surface area contributed by atoms with Crippen molar-refractivity contribution in [3.63, 3.8) is 0 Å². The number of hydrogen-bond acceptors (Lipinski definition) is 4. The number of alkyl halides is 3. The standard InChI is InChI=1S/C12H14F3N3O3/c1-2-6-16-9-5-3-4-8(10(9)18(20)21)11(19)17-7-12(13,14)15/h3-5,16H,2,6-7H2,1H3,(H,17,19). The van der Waals surface area contributed by atoms with Crippen molar-refractivity contribution in [2.45, 2.75) is 19.5 Å². The highest BCUT2D eigenvalue weighted by molar-refractivity contribution is 6.00. The Morgan fingerprint density at radius 2 is 2.05 bits per heavy atom. The quantitative estimate of drug-likeness (QED) is 0.625. The summed E-state index contributed by atoms with van der Waals surface area (Å²) in [5.74, 6) is -1.14. The van der Waals surface area contributed by atoms with Crippen LogP contribution < -0.4 is 10.6 Å². The van der Waals surface area contributed by atoms with Crippen LogP contribution in [0.15, 0.2) is 18.2 Å². The van der Waals surface area contributed by atoms with Crippen LogP contribution in [0.2, 0.25) is 0 Å². The van der Waals surface area contributed by atoms with Crippen molar-refractivity contribution in [1.82, 2.24) is 5.32 Å². The van der Waals surface area contributed by atoms with E-state index in [2.05, 4.69) is 5.32 Å². The molecule has 9 heteroatoms. The van der Waals surface area contributed by atoms with E-state index in [1.54, 1.807) is 5.32 Å². The molecule has 0 heterocycles. The Labute approximate surface area is 118 Å². The fourth-order valence-corrected chi connectivity index (χ4v) is 1.60. The largest absolute Gasteiger partial charge is 0.405 e. The molecule has 1 aromatic carbocycles. The molecule has 0 fully saturated rings. The highest BCUT2D eigenvalue weighted by Gasteiger charge is 2.30. The third kappa shape index (κ3) is 4.93. The van der Waals surface area contributed by atoms with Crippen molar-refractivity contribution in [2.75, 3.05) is 18.4 Å². The number of amides is 1. The summed E-state index contributed by atoms with van der Waals surface area (Å²) in [6.07, 6.45) is -3.88. The predicted molar refractivity (Wildman–Crippen MR) is 70.3 cm³/mol.